The van der Waals surface area contributed by atoms with E-state index in [1.54, 1.807) is 30.2 Å². The molecule has 1 amide bonds. The first-order chi connectivity index (χ1) is 20.3. The Morgan fingerprint density at radius 3 is 2.62 bits per heavy atom. The largest absolute Gasteiger partial charge is 0.454 e. The number of benzene rings is 2. The molecular weight excluding hydrogens is 537 g/mol. The number of nitrogens with zero attached hydrogens (tertiary/aromatic N) is 6. The first-order valence-corrected chi connectivity index (χ1v) is 13.4. The molecule has 0 bridgehead atoms. The topological polar surface area (TPSA) is 132 Å². The van der Waals surface area contributed by atoms with Gasteiger partial charge in [0.05, 0.1) is 11.2 Å². The minimum Gasteiger partial charge on any atom is -0.454 e. The molecule has 1 aliphatic heterocycles. The number of fused-ring (bicyclic) bond motifs is 1. The highest BCUT2D eigenvalue weighted by Crippen LogP contribution is 2.36. The summed E-state index contributed by atoms with van der Waals surface area (Å²) >= 11 is 0. The molecule has 1 atom stereocenters. The van der Waals surface area contributed by atoms with Crippen molar-refractivity contribution in [2.45, 2.75) is 26.8 Å². The molecule has 0 saturated carbocycles. The number of carbonyl (C=O) groups excluding carboxylic acids is 1. The molecule has 0 radical (unpaired) electrons. The SMILES string of the molecule is C=CC.CNc1cc(F)c(Oc2ccc(Nc3ncnc4ccc(N5CCN(C=O)[C@H](C)C5)nc34)cc2C)cc1N=N. The Balaban J connectivity index is 0.00000129. The fourth-order valence-corrected chi connectivity index (χ4v) is 4.54. The highest BCUT2D eigenvalue weighted by atomic mass is 19.1. The molecule has 0 spiro atoms. The molecular formula is C30H34FN9O2. The van der Waals surface area contributed by atoms with Gasteiger partial charge in [-0.1, -0.05) is 6.08 Å². The van der Waals surface area contributed by atoms with E-state index in [0.29, 0.717) is 47.9 Å². The molecule has 1 aliphatic rings. The lowest BCUT2D eigenvalue weighted by molar-refractivity contribution is -0.120. The van der Waals surface area contributed by atoms with E-state index in [1.807, 2.05) is 39.0 Å². The highest BCUT2D eigenvalue weighted by Gasteiger charge is 2.23. The van der Waals surface area contributed by atoms with Gasteiger partial charge in [0, 0.05) is 50.5 Å². The second kappa shape index (κ2) is 13.5. The minimum atomic E-state index is -0.565. The van der Waals surface area contributed by atoms with Crippen LogP contribution in [-0.4, -0.2) is 59.0 Å². The average Bonchev–Trinajstić information content (AvgIpc) is 2.99. The van der Waals surface area contributed by atoms with E-state index < -0.39 is 5.82 Å². The van der Waals surface area contributed by atoms with E-state index in [-0.39, 0.29) is 17.5 Å². The Kier molecular flexibility index (Phi) is 9.58. The van der Waals surface area contributed by atoms with Crippen LogP contribution in [0, 0.1) is 18.3 Å². The van der Waals surface area contributed by atoms with E-state index in [4.69, 9.17) is 15.3 Å². The Hall–Kier alpha value is -5.13. The summed E-state index contributed by atoms with van der Waals surface area (Å²) in [7, 11) is 1.63. The van der Waals surface area contributed by atoms with E-state index in [0.717, 1.165) is 23.5 Å². The first-order valence-electron chi connectivity index (χ1n) is 13.4. The van der Waals surface area contributed by atoms with Crippen molar-refractivity contribution >= 4 is 46.1 Å². The van der Waals surface area contributed by atoms with Gasteiger partial charge < -0.3 is 25.2 Å². The van der Waals surface area contributed by atoms with Crippen molar-refractivity contribution in [3.8, 4) is 11.5 Å². The Bertz CT molecular complexity index is 1600. The smallest absolute Gasteiger partial charge is 0.210 e. The summed E-state index contributed by atoms with van der Waals surface area (Å²) in [6.07, 6.45) is 4.12. The highest BCUT2D eigenvalue weighted by molar-refractivity contribution is 5.88. The summed E-state index contributed by atoms with van der Waals surface area (Å²) in [5.74, 6) is 1.21. The van der Waals surface area contributed by atoms with Crippen molar-refractivity contribution < 1.29 is 13.9 Å². The second-order valence-electron chi connectivity index (χ2n) is 9.67. The zero-order valence-corrected chi connectivity index (χ0v) is 24.1. The predicted molar refractivity (Wildman–Crippen MR) is 163 cm³/mol. The maximum absolute atomic E-state index is 14.6. The number of aryl methyl sites for hydroxylation is 1. The number of pyridine rings is 1. The lowest BCUT2D eigenvalue weighted by Gasteiger charge is -2.38. The number of amides is 1. The van der Waals surface area contributed by atoms with Crippen LogP contribution in [0.15, 0.2) is 66.6 Å². The van der Waals surface area contributed by atoms with Crippen molar-refractivity contribution in [3.63, 3.8) is 0 Å². The third kappa shape index (κ3) is 6.60. The van der Waals surface area contributed by atoms with Crippen LogP contribution in [0.4, 0.5) is 33.1 Å². The van der Waals surface area contributed by atoms with Crippen LogP contribution in [0.3, 0.4) is 0 Å². The first kappa shape index (κ1) is 29.8. The molecule has 11 nitrogen and oxygen atoms in total. The molecule has 0 aliphatic carbocycles. The Labute approximate surface area is 244 Å². The predicted octanol–water partition coefficient (Wildman–Crippen LogP) is 6.57. The molecule has 12 heteroatoms. The normalized spacial score (nSPS) is 14.5. The maximum atomic E-state index is 14.6. The number of rotatable bonds is 8. The van der Waals surface area contributed by atoms with E-state index in [2.05, 4.69) is 37.2 Å². The minimum absolute atomic E-state index is 0.0226. The van der Waals surface area contributed by atoms with Crippen molar-refractivity contribution in [2.24, 2.45) is 5.11 Å². The van der Waals surface area contributed by atoms with Gasteiger partial charge in [-0.25, -0.2) is 24.9 Å². The number of ether oxygens (including phenoxy) is 1. The zero-order chi connectivity index (χ0) is 30.2. The molecule has 1 saturated heterocycles. The lowest BCUT2D eigenvalue weighted by atomic mass is 10.2. The number of anilines is 4. The molecule has 218 valence electrons. The van der Waals surface area contributed by atoms with Crippen LogP contribution >= 0.6 is 0 Å². The molecule has 5 rings (SSSR count). The molecule has 3 N–H and O–H groups in total. The van der Waals surface area contributed by atoms with Crippen molar-refractivity contribution in [2.75, 3.05) is 42.2 Å². The standard InChI is InChI=1S/C27H28FN9O2.C3H6/c1-16-10-18(4-6-23(16)39-24-12-22(35-29)21(30-3)11-19(24)28)33-27-26-20(31-14-32-27)5-7-25(34-26)36-8-9-37(15-38)17(2)13-36;1-3-2/h4-7,10-12,14-15,17,29-30H,8-9,13H2,1-3H3,(H,31,32,33);3H,1H2,2H3/t17-;/m1./s1. The molecule has 2 aromatic carbocycles. The van der Waals surface area contributed by atoms with Gasteiger partial charge in [0.15, 0.2) is 17.4 Å². The number of hydrogen-bond acceptors (Lipinski definition) is 10. The van der Waals surface area contributed by atoms with Gasteiger partial charge in [0.25, 0.3) is 0 Å². The third-order valence-corrected chi connectivity index (χ3v) is 6.70. The quantitative estimate of drug-likeness (QED) is 0.123. The second-order valence-corrected chi connectivity index (χ2v) is 9.67. The number of nitrogens with one attached hydrogen (secondary N) is 3. The van der Waals surface area contributed by atoms with Crippen LogP contribution in [0.25, 0.3) is 11.0 Å². The van der Waals surface area contributed by atoms with Gasteiger partial charge in [-0.2, -0.15) is 5.11 Å². The molecule has 42 heavy (non-hydrogen) atoms. The average molecular weight is 572 g/mol. The number of aromatic nitrogens is 3. The van der Waals surface area contributed by atoms with Crippen molar-refractivity contribution in [1.82, 2.24) is 19.9 Å². The van der Waals surface area contributed by atoms with E-state index in [1.165, 1.54) is 18.5 Å². The maximum Gasteiger partial charge on any atom is 0.210 e. The summed E-state index contributed by atoms with van der Waals surface area (Å²) < 4.78 is 20.4. The number of hydrogen-bond donors (Lipinski definition) is 3. The third-order valence-electron chi connectivity index (χ3n) is 6.70. The van der Waals surface area contributed by atoms with Gasteiger partial charge in [-0.05, 0) is 56.7 Å². The van der Waals surface area contributed by atoms with Crippen LogP contribution in [0.2, 0.25) is 0 Å². The number of carbonyl (C=O) groups is 1. The van der Waals surface area contributed by atoms with Crippen LogP contribution in [0.5, 0.6) is 11.5 Å². The summed E-state index contributed by atoms with van der Waals surface area (Å²) in [6, 6.07) is 12.0. The van der Waals surface area contributed by atoms with Crippen LogP contribution < -0.4 is 20.3 Å². The fourth-order valence-electron chi connectivity index (χ4n) is 4.54. The van der Waals surface area contributed by atoms with Gasteiger partial charge >= 0.3 is 0 Å². The molecule has 0 unspecified atom stereocenters. The van der Waals surface area contributed by atoms with Crippen molar-refractivity contribution in [1.29, 1.82) is 5.53 Å². The summed E-state index contributed by atoms with van der Waals surface area (Å²) in [4.78, 5) is 28.8. The Morgan fingerprint density at radius 2 is 1.95 bits per heavy atom. The van der Waals surface area contributed by atoms with Gasteiger partial charge in [-0.3, -0.25) is 4.79 Å². The number of halogens is 1. The Morgan fingerprint density at radius 1 is 1.17 bits per heavy atom. The molecule has 4 aromatic rings. The van der Waals surface area contributed by atoms with Gasteiger partial charge in [0.1, 0.15) is 29.1 Å². The van der Waals surface area contributed by atoms with E-state index >= 15 is 0 Å². The molecule has 3 heterocycles. The van der Waals surface area contributed by atoms with Gasteiger partial charge in [-0.15, -0.1) is 6.58 Å². The zero-order valence-electron chi connectivity index (χ0n) is 24.1. The summed E-state index contributed by atoms with van der Waals surface area (Å²) in [6.45, 7) is 11.1. The molecule has 2 aromatic heterocycles. The molecule has 1 fully saturated rings. The summed E-state index contributed by atoms with van der Waals surface area (Å²) in [5, 5.41) is 9.56. The lowest BCUT2D eigenvalue weighted by Crippen LogP contribution is -2.51. The van der Waals surface area contributed by atoms with Gasteiger partial charge in [0.2, 0.25) is 6.41 Å². The van der Waals surface area contributed by atoms with Crippen molar-refractivity contribution in [3.05, 3.63) is 72.8 Å². The van der Waals surface area contributed by atoms with Crippen LogP contribution in [-0.2, 0) is 4.79 Å². The summed E-state index contributed by atoms with van der Waals surface area (Å²) in [5.41, 5.74) is 10.8. The van der Waals surface area contributed by atoms with Crippen LogP contribution in [0.1, 0.15) is 19.4 Å². The van der Waals surface area contributed by atoms with E-state index in [9.17, 15) is 9.18 Å². The monoisotopic (exact) mass is 571 g/mol. The fraction of sp³-hybridized carbons (Fsp3) is 0.267. The number of piperazine rings is 1. The number of allylic oxidation sites excluding steroid dienone is 1.